The highest BCUT2D eigenvalue weighted by Gasteiger charge is 2.18. The molecule has 0 aliphatic heterocycles. The van der Waals surface area contributed by atoms with Crippen molar-refractivity contribution in [2.45, 2.75) is 6.10 Å². The third kappa shape index (κ3) is 3.16. The minimum atomic E-state index is -0.414. The van der Waals surface area contributed by atoms with Crippen LogP contribution in [0.25, 0.3) is 0 Å². The van der Waals surface area contributed by atoms with Gasteiger partial charge in [-0.05, 0) is 11.6 Å². The Balaban J connectivity index is 0.00000162. The number of hydrogen-bond acceptors (Lipinski definition) is 2. The molecule has 18 heavy (non-hydrogen) atoms. The molecule has 0 aromatic heterocycles. The van der Waals surface area contributed by atoms with Crippen molar-refractivity contribution >= 4 is 35.6 Å². The summed E-state index contributed by atoms with van der Waals surface area (Å²) in [5, 5.41) is 0.954. The standard InChI is InChI=1S/C13H11Cl2NO.ClH/c14-11-8-4-7-10(12(11)15)13(17-16)9-5-2-1-3-6-9;/h1-8,13H,16H2;1H. The monoisotopic (exact) mass is 303 g/mol. The Bertz CT molecular complexity index is 505. The molecule has 2 aromatic carbocycles. The maximum atomic E-state index is 6.15. The number of halogens is 3. The van der Waals surface area contributed by atoms with Crippen molar-refractivity contribution in [1.82, 2.24) is 0 Å². The second-order valence-corrected chi connectivity index (χ2v) is 4.36. The zero-order valence-electron chi connectivity index (χ0n) is 9.35. The lowest BCUT2D eigenvalue weighted by Gasteiger charge is -2.17. The van der Waals surface area contributed by atoms with E-state index in [0.29, 0.717) is 10.0 Å². The van der Waals surface area contributed by atoms with E-state index in [4.69, 9.17) is 33.9 Å². The van der Waals surface area contributed by atoms with Crippen LogP contribution in [0.3, 0.4) is 0 Å². The van der Waals surface area contributed by atoms with E-state index in [2.05, 4.69) is 0 Å². The van der Waals surface area contributed by atoms with Gasteiger partial charge < -0.3 is 0 Å². The molecule has 0 bridgehead atoms. The first-order chi connectivity index (χ1) is 8.24. The van der Waals surface area contributed by atoms with Crippen LogP contribution in [0, 0.1) is 0 Å². The van der Waals surface area contributed by atoms with E-state index in [-0.39, 0.29) is 12.4 Å². The maximum absolute atomic E-state index is 6.15. The number of nitrogens with two attached hydrogens (primary N) is 1. The molecule has 0 aliphatic carbocycles. The highest BCUT2D eigenvalue weighted by Crippen LogP contribution is 2.34. The summed E-state index contributed by atoms with van der Waals surface area (Å²) in [4.78, 5) is 5.02. The molecule has 96 valence electrons. The molecule has 0 amide bonds. The molecule has 0 fully saturated rings. The molecule has 2 nitrogen and oxygen atoms in total. The van der Waals surface area contributed by atoms with Gasteiger partial charge in [-0.2, -0.15) is 0 Å². The van der Waals surface area contributed by atoms with Crippen molar-refractivity contribution in [3.63, 3.8) is 0 Å². The van der Waals surface area contributed by atoms with Gasteiger partial charge in [0.15, 0.2) is 0 Å². The predicted molar refractivity (Wildman–Crippen MR) is 77.3 cm³/mol. The first-order valence-electron chi connectivity index (χ1n) is 5.08. The molecule has 1 atom stereocenters. The van der Waals surface area contributed by atoms with Crippen LogP contribution in [0.5, 0.6) is 0 Å². The van der Waals surface area contributed by atoms with Crippen molar-refractivity contribution in [1.29, 1.82) is 0 Å². The number of hydrogen-bond donors (Lipinski definition) is 1. The summed E-state index contributed by atoms with van der Waals surface area (Å²) in [6, 6.07) is 15.0. The van der Waals surface area contributed by atoms with Gasteiger partial charge in [-0.15, -0.1) is 12.4 Å². The van der Waals surface area contributed by atoms with E-state index in [1.165, 1.54) is 0 Å². The molecule has 0 saturated carbocycles. The molecule has 0 aliphatic rings. The minimum Gasteiger partial charge on any atom is -0.292 e. The second kappa shape index (κ2) is 6.98. The zero-order valence-corrected chi connectivity index (χ0v) is 11.7. The van der Waals surface area contributed by atoms with E-state index < -0.39 is 6.10 Å². The van der Waals surface area contributed by atoms with Gasteiger partial charge in [0.05, 0.1) is 10.0 Å². The zero-order chi connectivity index (χ0) is 12.3. The van der Waals surface area contributed by atoms with Crippen LogP contribution in [0.4, 0.5) is 0 Å². The molecule has 2 aromatic rings. The number of benzene rings is 2. The molecule has 0 spiro atoms. The summed E-state index contributed by atoms with van der Waals surface area (Å²) in [7, 11) is 0. The van der Waals surface area contributed by atoms with Gasteiger partial charge in [-0.1, -0.05) is 65.7 Å². The molecule has 5 heteroatoms. The summed E-state index contributed by atoms with van der Waals surface area (Å²) in [5.74, 6) is 5.35. The van der Waals surface area contributed by atoms with Crippen molar-refractivity contribution in [3.05, 3.63) is 69.7 Å². The third-order valence-electron chi connectivity index (χ3n) is 2.50. The maximum Gasteiger partial charge on any atom is 0.130 e. The minimum absolute atomic E-state index is 0. The van der Waals surface area contributed by atoms with E-state index in [1.54, 1.807) is 6.07 Å². The molecular weight excluding hydrogens is 293 g/mol. The largest absolute Gasteiger partial charge is 0.292 e. The van der Waals surface area contributed by atoms with Gasteiger partial charge in [0.2, 0.25) is 0 Å². The second-order valence-electron chi connectivity index (χ2n) is 3.57. The fourth-order valence-electron chi connectivity index (χ4n) is 1.68. The summed E-state index contributed by atoms with van der Waals surface area (Å²) in [5.41, 5.74) is 1.69. The van der Waals surface area contributed by atoms with Gasteiger partial charge in [0.1, 0.15) is 6.10 Å². The highest BCUT2D eigenvalue weighted by molar-refractivity contribution is 6.42. The van der Waals surface area contributed by atoms with Crippen LogP contribution in [0.2, 0.25) is 10.0 Å². The van der Waals surface area contributed by atoms with Crippen LogP contribution >= 0.6 is 35.6 Å². The quantitative estimate of drug-likeness (QED) is 0.853. The SMILES string of the molecule is Cl.NOC(c1ccccc1)c1cccc(Cl)c1Cl. The lowest BCUT2D eigenvalue weighted by Crippen LogP contribution is -2.11. The van der Waals surface area contributed by atoms with Crippen molar-refractivity contribution < 1.29 is 4.84 Å². The molecule has 0 radical (unpaired) electrons. The molecular formula is C13H12Cl3NO. The first-order valence-corrected chi connectivity index (χ1v) is 5.84. The van der Waals surface area contributed by atoms with Gasteiger partial charge in [-0.25, -0.2) is 5.90 Å². The molecule has 0 heterocycles. The van der Waals surface area contributed by atoms with Crippen LogP contribution < -0.4 is 5.90 Å². The Morgan fingerprint density at radius 1 is 0.944 bits per heavy atom. The molecule has 2 rings (SSSR count). The summed E-state index contributed by atoms with van der Waals surface area (Å²) in [6.07, 6.45) is -0.414. The highest BCUT2D eigenvalue weighted by atomic mass is 35.5. The average molecular weight is 305 g/mol. The lowest BCUT2D eigenvalue weighted by atomic mass is 10.0. The van der Waals surface area contributed by atoms with Gasteiger partial charge in [-0.3, -0.25) is 4.84 Å². The predicted octanol–water partition coefficient (Wildman–Crippen LogP) is 4.39. The Morgan fingerprint density at radius 2 is 1.61 bits per heavy atom. The molecule has 1 unspecified atom stereocenters. The smallest absolute Gasteiger partial charge is 0.130 e. The van der Waals surface area contributed by atoms with E-state index in [0.717, 1.165) is 11.1 Å². The number of rotatable bonds is 3. The van der Waals surface area contributed by atoms with E-state index >= 15 is 0 Å². The topological polar surface area (TPSA) is 35.2 Å². The van der Waals surface area contributed by atoms with Crippen LogP contribution in [0.1, 0.15) is 17.2 Å². The fraction of sp³-hybridized carbons (Fsp3) is 0.0769. The Hall–Kier alpha value is -0.770. The lowest BCUT2D eigenvalue weighted by molar-refractivity contribution is 0.0814. The van der Waals surface area contributed by atoms with Crippen molar-refractivity contribution in [3.8, 4) is 0 Å². The fourth-order valence-corrected chi connectivity index (χ4v) is 2.09. The summed E-state index contributed by atoms with van der Waals surface area (Å²) < 4.78 is 0. The Labute approximate surface area is 122 Å². The summed E-state index contributed by atoms with van der Waals surface area (Å²) >= 11 is 12.1. The van der Waals surface area contributed by atoms with Crippen molar-refractivity contribution in [2.75, 3.05) is 0 Å². The van der Waals surface area contributed by atoms with Gasteiger partial charge >= 0.3 is 0 Å². The first kappa shape index (κ1) is 15.3. The van der Waals surface area contributed by atoms with Crippen LogP contribution in [-0.4, -0.2) is 0 Å². The van der Waals surface area contributed by atoms with E-state index in [1.807, 2.05) is 42.5 Å². The average Bonchev–Trinajstić information content (AvgIpc) is 2.37. The van der Waals surface area contributed by atoms with Crippen LogP contribution in [-0.2, 0) is 4.84 Å². The van der Waals surface area contributed by atoms with Gasteiger partial charge in [0, 0.05) is 5.56 Å². The summed E-state index contributed by atoms with van der Waals surface area (Å²) in [6.45, 7) is 0. The molecule has 0 saturated heterocycles. The molecule has 2 N–H and O–H groups in total. The van der Waals surface area contributed by atoms with Crippen LogP contribution in [0.15, 0.2) is 48.5 Å². The normalized spacial score (nSPS) is 11.7. The Morgan fingerprint density at radius 3 is 2.22 bits per heavy atom. The van der Waals surface area contributed by atoms with E-state index in [9.17, 15) is 0 Å². The van der Waals surface area contributed by atoms with Crippen molar-refractivity contribution in [2.24, 2.45) is 5.90 Å². The Kier molecular flexibility index (Phi) is 5.93. The third-order valence-corrected chi connectivity index (χ3v) is 3.34. The van der Waals surface area contributed by atoms with Gasteiger partial charge in [0.25, 0.3) is 0 Å².